The number of aryl methyl sites for hydroxylation is 1. The molecule has 0 unspecified atom stereocenters. The monoisotopic (exact) mass is 226 g/mol. The Balaban J connectivity index is 2.65. The fourth-order valence-corrected chi connectivity index (χ4v) is 2.02. The lowest BCUT2D eigenvalue weighted by Gasteiger charge is -2.04. The van der Waals surface area contributed by atoms with Crippen LogP contribution in [0.5, 0.6) is 5.75 Å². The zero-order valence-electron chi connectivity index (χ0n) is 9.23. The molecule has 0 saturated heterocycles. The Morgan fingerprint density at radius 1 is 1.06 bits per heavy atom. The Hall–Kier alpha value is -2.29. The van der Waals surface area contributed by atoms with Gasteiger partial charge in [0, 0.05) is 10.8 Å². The maximum Gasteiger partial charge on any atom is 0.344 e. The molecule has 3 heteroatoms. The molecule has 84 valence electrons. The Bertz CT molecular complexity index is 784. The van der Waals surface area contributed by atoms with Crippen molar-refractivity contribution in [2.24, 2.45) is 0 Å². The van der Waals surface area contributed by atoms with Crippen LogP contribution in [-0.2, 0) is 0 Å². The van der Waals surface area contributed by atoms with Crippen LogP contribution < -0.4 is 5.63 Å². The largest absolute Gasteiger partial charge is 0.508 e. The molecule has 0 fully saturated rings. The number of hydrogen-bond acceptors (Lipinski definition) is 3. The summed E-state index contributed by atoms with van der Waals surface area (Å²) >= 11 is 0. The lowest BCUT2D eigenvalue weighted by atomic mass is 10.0. The highest BCUT2D eigenvalue weighted by Gasteiger charge is 2.09. The van der Waals surface area contributed by atoms with Crippen molar-refractivity contribution in [1.82, 2.24) is 0 Å². The Labute approximate surface area is 96.9 Å². The molecule has 0 aliphatic rings. The molecule has 0 aliphatic heterocycles. The zero-order valence-corrected chi connectivity index (χ0v) is 9.23. The smallest absolute Gasteiger partial charge is 0.344 e. The van der Waals surface area contributed by atoms with Crippen LogP contribution in [-0.4, -0.2) is 5.11 Å². The number of para-hydroxylation sites is 1. The minimum atomic E-state index is -0.373. The number of rotatable bonds is 0. The van der Waals surface area contributed by atoms with E-state index in [1.807, 2.05) is 18.2 Å². The SMILES string of the molecule is Cc1cc2c(=O)oc3ccccc3c2cc1O. The molecule has 0 amide bonds. The second-order valence-electron chi connectivity index (χ2n) is 4.07. The molecule has 3 nitrogen and oxygen atoms in total. The first-order chi connectivity index (χ1) is 8.16. The number of phenols is 1. The summed E-state index contributed by atoms with van der Waals surface area (Å²) in [6, 6.07) is 10.6. The highest BCUT2D eigenvalue weighted by Crippen LogP contribution is 2.28. The lowest BCUT2D eigenvalue weighted by molar-refractivity contribution is 0.472. The van der Waals surface area contributed by atoms with E-state index in [4.69, 9.17) is 4.42 Å². The second kappa shape index (κ2) is 3.35. The van der Waals surface area contributed by atoms with E-state index in [1.165, 1.54) is 0 Å². The van der Waals surface area contributed by atoms with Crippen LogP contribution in [0.25, 0.3) is 21.7 Å². The molecule has 0 bridgehead atoms. The highest BCUT2D eigenvalue weighted by atomic mass is 16.4. The Morgan fingerprint density at radius 3 is 2.65 bits per heavy atom. The van der Waals surface area contributed by atoms with Crippen LogP contribution in [0.2, 0.25) is 0 Å². The van der Waals surface area contributed by atoms with Crippen molar-refractivity contribution in [1.29, 1.82) is 0 Å². The number of hydrogen-bond donors (Lipinski definition) is 1. The second-order valence-corrected chi connectivity index (χ2v) is 4.07. The van der Waals surface area contributed by atoms with Crippen LogP contribution in [0.4, 0.5) is 0 Å². The third-order valence-corrected chi connectivity index (χ3v) is 2.94. The number of aromatic hydroxyl groups is 1. The van der Waals surface area contributed by atoms with Crippen molar-refractivity contribution >= 4 is 21.7 Å². The van der Waals surface area contributed by atoms with Gasteiger partial charge >= 0.3 is 5.63 Å². The quantitative estimate of drug-likeness (QED) is 0.473. The Morgan fingerprint density at radius 2 is 1.82 bits per heavy atom. The third kappa shape index (κ3) is 1.40. The van der Waals surface area contributed by atoms with Gasteiger partial charge in [-0.3, -0.25) is 0 Å². The molecule has 0 spiro atoms. The van der Waals surface area contributed by atoms with Gasteiger partial charge in [-0.05, 0) is 30.7 Å². The predicted molar refractivity (Wildman–Crippen MR) is 66.4 cm³/mol. The first-order valence-corrected chi connectivity index (χ1v) is 5.32. The van der Waals surface area contributed by atoms with Crippen molar-refractivity contribution in [3.63, 3.8) is 0 Å². The summed E-state index contributed by atoms with van der Waals surface area (Å²) in [6.07, 6.45) is 0. The van der Waals surface area contributed by atoms with Crippen molar-refractivity contribution in [2.45, 2.75) is 6.92 Å². The van der Waals surface area contributed by atoms with Crippen molar-refractivity contribution in [2.75, 3.05) is 0 Å². The van der Waals surface area contributed by atoms with Gasteiger partial charge in [-0.25, -0.2) is 4.79 Å². The minimum absolute atomic E-state index is 0.188. The molecule has 3 rings (SSSR count). The molecule has 0 atom stereocenters. The molecule has 3 aromatic rings. The number of phenolic OH excluding ortho intramolecular Hbond substituents is 1. The topological polar surface area (TPSA) is 50.4 Å². The van der Waals surface area contributed by atoms with Gasteiger partial charge in [0.15, 0.2) is 0 Å². The van der Waals surface area contributed by atoms with Crippen molar-refractivity contribution in [3.8, 4) is 5.75 Å². The molecule has 0 aliphatic carbocycles. The van der Waals surface area contributed by atoms with E-state index < -0.39 is 0 Å². The predicted octanol–water partition coefficient (Wildman–Crippen LogP) is 2.96. The number of fused-ring (bicyclic) bond motifs is 3. The molecule has 1 aromatic heterocycles. The number of benzene rings is 2. The van der Waals surface area contributed by atoms with Gasteiger partial charge < -0.3 is 9.52 Å². The average Bonchev–Trinajstić information content (AvgIpc) is 2.32. The molecule has 2 aromatic carbocycles. The van der Waals surface area contributed by atoms with Gasteiger partial charge in [0.2, 0.25) is 0 Å². The van der Waals surface area contributed by atoms with Gasteiger partial charge in [-0.2, -0.15) is 0 Å². The molecular formula is C14H10O3. The minimum Gasteiger partial charge on any atom is -0.508 e. The summed E-state index contributed by atoms with van der Waals surface area (Å²) in [5.74, 6) is 0.188. The van der Waals surface area contributed by atoms with Crippen LogP contribution in [0.15, 0.2) is 45.6 Å². The normalized spacial score (nSPS) is 11.1. The van der Waals surface area contributed by atoms with Crippen LogP contribution in [0, 0.1) is 6.92 Å². The van der Waals surface area contributed by atoms with E-state index >= 15 is 0 Å². The van der Waals surface area contributed by atoms with Crippen molar-refractivity contribution in [3.05, 3.63) is 52.4 Å². The van der Waals surface area contributed by atoms with Crippen LogP contribution in [0.1, 0.15) is 5.56 Å². The standard InChI is InChI=1S/C14H10O3/c1-8-6-11-10(7-12(8)15)9-4-2-3-5-13(9)17-14(11)16/h2-7,15H,1H3. The molecule has 1 N–H and O–H groups in total. The summed E-state index contributed by atoms with van der Waals surface area (Å²) in [5, 5.41) is 11.8. The van der Waals surface area contributed by atoms with Gasteiger partial charge in [-0.1, -0.05) is 18.2 Å². The fraction of sp³-hybridized carbons (Fsp3) is 0.0714. The van der Waals surface area contributed by atoms with E-state index in [2.05, 4.69) is 0 Å². The van der Waals surface area contributed by atoms with Gasteiger partial charge in [0.25, 0.3) is 0 Å². The van der Waals surface area contributed by atoms with Gasteiger partial charge in [-0.15, -0.1) is 0 Å². The van der Waals surface area contributed by atoms with Gasteiger partial charge in [0.05, 0.1) is 5.39 Å². The maximum absolute atomic E-state index is 11.8. The van der Waals surface area contributed by atoms with E-state index in [-0.39, 0.29) is 11.4 Å². The first-order valence-electron chi connectivity index (χ1n) is 5.32. The van der Waals surface area contributed by atoms with Gasteiger partial charge in [0.1, 0.15) is 11.3 Å². The van der Waals surface area contributed by atoms with E-state index in [1.54, 1.807) is 25.1 Å². The molecule has 17 heavy (non-hydrogen) atoms. The molecule has 0 saturated carbocycles. The van der Waals surface area contributed by atoms with Crippen LogP contribution >= 0.6 is 0 Å². The van der Waals surface area contributed by atoms with E-state index in [0.717, 1.165) is 10.8 Å². The lowest BCUT2D eigenvalue weighted by Crippen LogP contribution is -2.00. The summed E-state index contributed by atoms with van der Waals surface area (Å²) < 4.78 is 5.23. The summed E-state index contributed by atoms with van der Waals surface area (Å²) in [7, 11) is 0. The first kappa shape index (κ1) is 9.90. The Kier molecular flexibility index (Phi) is 1.95. The van der Waals surface area contributed by atoms with Crippen molar-refractivity contribution < 1.29 is 9.52 Å². The van der Waals surface area contributed by atoms with Crippen LogP contribution in [0.3, 0.4) is 0 Å². The fourth-order valence-electron chi connectivity index (χ4n) is 2.02. The maximum atomic E-state index is 11.8. The molecule has 1 heterocycles. The van der Waals surface area contributed by atoms with E-state index in [9.17, 15) is 9.90 Å². The molecular weight excluding hydrogens is 216 g/mol. The zero-order chi connectivity index (χ0) is 12.0. The molecule has 0 radical (unpaired) electrons. The average molecular weight is 226 g/mol. The summed E-state index contributed by atoms with van der Waals surface area (Å²) in [6.45, 7) is 1.75. The highest BCUT2D eigenvalue weighted by molar-refractivity contribution is 6.04. The third-order valence-electron chi connectivity index (χ3n) is 2.94. The summed E-state index contributed by atoms with van der Waals surface area (Å²) in [4.78, 5) is 11.8. The summed E-state index contributed by atoms with van der Waals surface area (Å²) in [5.41, 5.74) is 0.829. The van der Waals surface area contributed by atoms with E-state index in [0.29, 0.717) is 16.5 Å².